The summed E-state index contributed by atoms with van der Waals surface area (Å²) in [5.41, 5.74) is -0.160. The van der Waals surface area contributed by atoms with E-state index in [1.54, 1.807) is 6.07 Å². The first-order chi connectivity index (χ1) is 9.45. The summed E-state index contributed by atoms with van der Waals surface area (Å²) in [5, 5.41) is 3.04. The third-order valence-electron chi connectivity index (χ3n) is 3.28. The Hall–Kier alpha value is -0.750. The van der Waals surface area contributed by atoms with Crippen LogP contribution in [0.4, 0.5) is 18.9 Å². The first-order valence-electron chi connectivity index (χ1n) is 6.68. The van der Waals surface area contributed by atoms with Crippen LogP contribution >= 0.6 is 15.9 Å². The molecule has 1 atom stereocenters. The van der Waals surface area contributed by atoms with Crippen molar-refractivity contribution >= 4 is 21.6 Å². The Bertz CT molecular complexity index is 445. The number of benzene rings is 1. The molecule has 0 aromatic heterocycles. The molecule has 112 valence electrons. The Balaban J connectivity index is 1.84. The molecule has 0 bridgehead atoms. The van der Waals surface area contributed by atoms with Crippen molar-refractivity contribution in [3.63, 3.8) is 0 Å². The van der Waals surface area contributed by atoms with E-state index in [4.69, 9.17) is 4.74 Å². The summed E-state index contributed by atoms with van der Waals surface area (Å²) in [6, 6.07) is 3.87. The summed E-state index contributed by atoms with van der Waals surface area (Å²) in [6.07, 6.45) is 0.0437. The maximum atomic E-state index is 12.7. The van der Waals surface area contributed by atoms with Crippen LogP contribution in [0.15, 0.2) is 22.7 Å². The minimum absolute atomic E-state index is 0.324. The van der Waals surface area contributed by atoms with Gasteiger partial charge in [-0.2, -0.15) is 13.2 Å². The van der Waals surface area contributed by atoms with Crippen molar-refractivity contribution in [2.75, 3.05) is 18.5 Å². The van der Waals surface area contributed by atoms with Crippen LogP contribution in [0, 0.1) is 0 Å². The van der Waals surface area contributed by atoms with Gasteiger partial charge in [0, 0.05) is 23.3 Å². The number of nitrogens with one attached hydrogen (secondary N) is 1. The molecular formula is C14H17BrF3NO. The van der Waals surface area contributed by atoms with E-state index >= 15 is 0 Å². The summed E-state index contributed by atoms with van der Waals surface area (Å²) in [7, 11) is 0. The van der Waals surface area contributed by atoms with Crippen molar-refractivity contribution in [3.05, 3.63) is 28.2 Å². The van der Waals surface area contributed by atoms with Crippen molar-refractivity contribution in [3.8, 4) is 0 Å². The van der Waals surface area contributed by atoms with Crippen LogP contribution in [0.5, 0.6) is 0 Å². The molecule has 1 heterocycles. The summed E-state index contributed by atoms with van der Waals surface area (Å²) >= 11 is 3.11. The summed E-state index contributed by atoms with van der Waals surface area (Å²) in [5.74, 6) is 0. The molecule has 2 rings (SSSR count). The third-order valence-corrected chi connectivity index (χ3v) is 3.74. The molecule has 0 radical (unpaired) electrons. The topological polar surface area (TPSA) is 21.3 Å². The second-order valence-electron chi connectivity index (χ2n) is 4.93. The molecule has 1 N–H and O–H groups in total. The second-order valence-corrected chi connectivity index (χ2v) is 5.85. The van der Waals surface area contributed by atoms with E-state index < -0.39 is 11.7 Å². The molecule has 1 unspecified atom stereocenters. The van der Waals surface area contributed by atoms with Gasteiger partial charge in [0.25, 0.3) is 0 Å². The number of ether oxygens (including phenoxy) is 1. The highest BCUT2D eigenvalue weighted by Gasteiger charge is 2.31. The molecule has 1 saturated heterocycles. The number of halogens is 4. The van der Waals surface area contributed by atoms with Crippen molar-refractivity contribution in [1.82, 2.24) is 0 Å². The number of rotatable bonds is 5. The number of hydrogen-bond donors (Lipinski definition) is 1. The number of alkyl halides is 3. The zero-order valence-electron chi connectivity index (χ0n) is 11.0. The maximum absolute atomic E-state index is 12.7. The fraction of sp³-hybridized carbons (Fsp3) is 0.571. The predicted octanol–water partition coefficient (Wildman–Crippen LogP) is 4.84. The lowest BCUT2D eigenvalue weighted by Crippen LogP contribution is -2.10. The van der Waals surface area contributed by atoms with Gasteiger partial charge in [0.15, 0.2) is 0 Å². The molecule has 0 spiro atoms. The average Bonchev–Trinajstić information content (AvgIpc) is 2.86. The van der Waals surface area contributed by atoms with Gasteiger partial charge in [0.05, 0.1) is 11.7 Å². The van der Waals surface area contributed by atoms with Crippen LogP contribution in [-0.4, -0.2) is 19.3 Å². The lowest BCUT2D eigenvalue weighted by molar-refractivity contribution is -0.137. The Labute approximate surface area is 124 Å². The molecule has 1 fully saturated rings. The fourth-order valence-corrected chi connectivity index (χ4v) is 2.78. The van der Waals surface area contributed by atoms with E-state index in [0.717, 1.165) is 44.4 Å². The van der Waals surface area contributed by atoms with E-state index in [0.29, 0.717) is 22.8 Å². The largest absolute Gasteiger partial charge is 0.416 e. The zero-order valence-corrected chi connectivity index (χ0v) is 12.6. The standard InChI is InChI=1S/C14H17BrF3NO/c15-11-7-10(14(16,17)18)8-12(9-11)19-5-1-3-13-4-2-6-20-13/h7-9,13,19H,1-6H2. The van der Waals surface area contributed by atoms with Crippen LogP contribution in [0.1, 0.15) is 31.2 Å². The van der Waals surface area contributed by atoms with Gasteiger partial charge in [0.1, 0.15) is 0 Å². The van der Waals surface area contributed by atoms with Crippen molar-refractivity contribution in [2.24, 2.45) is 0 Å². The van der Waals surface area contributed by atoms with Crippen LogP contribution in [0.2, 0.25) is 0 Å². The van der Waals surface area contributed by atoms with Gasteiger partial charge in [-0.15, -0.1) is 0 Å². The Morgan fingerprint density at radius 1 is 1.30 bits per heavy atom. The molecule has 1 aromatic rings. The molecule has 2 nitrogen and oxygen atoms in total. The third kappa shape index (κ3) is 4.66. The van der Waals surface area contributed by atoms with Crippen molar-refractivity contribution in [2.45, 2.75) is 38.0 Å². The molecule has 6 heteroatoms. The van der Waals surface area contributed by atoms with Gasteiger partial charge in [-0.3, -0.25) is 0 Å². The van der Waals surface area contributed by atoms with Crippen LogP contribution < -0.4 is 5.32 Å². The normalized spacial score (nSPS) is 19.3. The quantitative estimate of drug-likeness (QED) is 0.766. The smallest absolute Gasteiger partial charge is 0.385 e. The summed E-state index contributed by atoms with van der Waals surface area (Å²) < 4.78 is 44.0. The van der Waals surface area contributed by atoms with Gasteiger partial charge in [-0.25, -0.2) is 0 Å². The van der Waals surface area contributed by atoms with Gasteiger partial charge < -0.3 is 10.1 Å². The molecule has 1 aliphatic heterocycles. The van der Waals surface area contributed by atoms with E-state index in [-0.39, 0.29) is 0 Å². The first kappa shape index (κ1) is 15.6. The minimum atomic E-state index is -4.32. The van der Waals surface area contributed by atoms with Crippen LogP contribution in [0.3, 0.4) is 0 Å². The van der Waals surface area contributed by atoms with Gasteiger partial charge in [-0.05, 0) is 43.9 Å². The lowest BCUT2D eigenvalue weighted by Gasteiger charge is -2.13. The Morgan fingerprint density at radius 2 is 2.10 bits per heavy atom. The Morgan fingerprint density at radius 3 is 2.75 bits per heavy atom. The van der Waals surface area contributed by atoms with Gasteiger partial charge in [0.2, 0.25) is 0 Å². The Kier molecular flexibility index (Phi) is 5.32. The number of anilines is 1. The lowest BCUT2D eigenvalue weighted by atomic mass is 10.1. The molecule has 1 aliphatic rings. The first-order valence-corrected chi connectivity index (χ1v) is 7.48. The van der Waals surface area contributed by atoms with Crippen molar-refractivity contribution < 1.29 is 17.9 Å². The highest BCUT2D eigenvalue weighted by molar-refractivity contribution is 9.10. The molecule has 0 saturated carbocycles. The SMILES string of the molecule is FC(F)(F)c1cc(Br)cc(NCCCC2CCCO2)c1. The molecular weight excluding hydrogens is 335 g/mol. The molecule has 0 aliphatic carbocycles. The highest BCUT2D eigenvalue weighted by atomic mass is 79.9. The van der Waals surface area contributed by atoms with E-state index in [1.807, 2.05) is 0 Å². The van der Waals surface area contributed by atoms with Crippen molar-refractivity contribution in [1.29, 1.82) is 0 Å². The van der Waals surface area contributed by atoms with E-state index in [9.17, 15) is 13.2 Å². The highest BCUT2D eigenvalue weighted by Crippen LogP contribution is 2.33. The maximum Gasteiger partial charge on any atom is 0.416 e. The van der Waals surface area contributed by atoms with Gasteiger partial charge in [-0.1, -0.05) is 15.9 Å². The second kappa shape index (κ2) is 6.80. The minimum Gasteiger partial charge on any atom is -0.385 e. The fourth-order valence-electron chi connectivity index (χ4n) is 2.29. The van der Waals surface area contributed by atoms with E-state index in [2.05, 4.69) is 21.2 Å². The zero-order chi connectivity index (χ0) is 14.6. The van der Waals surface area contributed by atoms with Crippen LogP contribution in [0.25, 0.3) is 0 Å². The summed E-state index contributed by atoms with van der Waals surface area (Å²) in [6.45, 7) is 1.48. The molecule has 0 amide bonds. The molecule has 20 heavy (non-hydrogen) atoms. The average molecular weight is 352 g/mol. The van der Waals surface area contributed by atoms with Crippen LogP contribution in [-0.2, 0) is 10.9 Å². The van der Waals surface area contributed by atoms with Gasteiger partial charge >= 0.3 is 6.18 Å². The number of hydrogen-bond acceptors (Lipinski definition) is 2. The van der Waals surface area contributed by atoms with E-state index in [1.165, 1.54) is 0 Å². The molecule has 1 aromatic carbocycles. The predicted molar refractivity (Wildman–Crippen MR) is 75.8 cm³/mol. The monoisotopic (exact) mass is 351 g/mol. The summed E-state index contributed by atoms with van der Waals surface area (Å²) in [4.78, 5) is 0.